The molecule has 2 aliphatic rings. The maximum absolute atomic E-state index is 13.1. The molecule has 1 aliphatic carbocycles. The number of hydrogen-bond donors (Lipinski definition) is 0. The zero-order valence-corrected chi connectivity index (χ0v) is 15.7. The number of carbonyl (C=O) groups excluding carboxylic acids is 1. The van der Waals surface area contributed by atoms with E-state index in [1.807, 2.05) is 6.92 Å². The molecule has 3 heterocycles. The average molecular weight is 383 g/mol. The van der Waals surface area contributed by atoms with Gasteiger partial charge in [0.25, 0.3) is 5.91 Å². The van der Waals surface area contributed by atoms with Crippen molar-refractivity contribution >= 4 is 17.2 Å². The molecule has 6 nitrogen and oxygen atoms in total. The lowest BCUT2D eigenvalue weighted by Crippen LogP contribution is -2.41. The molecule has 0 saturated heterocycles. The van der Waals surface area contributed by atoms with E-state index in [9.17, 15) is 9.18 Å². The van der Waals surface area contributed by atoms with Crippen molar-refractivity contribution in [1.82, 2.24) is 24.6 Å². The van der Waals surface area contributed by atoms with Gasteiger partial charge in [-0.2, -0.15) is 0 Å². The Kier molecular flexibility index (Phi) is 3.82. The summed E-state index contributed by atoms with van der Waals surface area (Å²) in [4.78, 5) is 20.7. The summed E-state index contributed by atoms with van der Waals surface area (Å²) in [5.41, 5.74) is 1.68. The van der Waals surface area contributed by atoms with E-state index in [0.717, 1.165) is 29.5 Å². The van der Waals surface area contributed by atoms with Crippen molar-refractivity contribution < 1.29 is 9.18 Å². The lowest BCUT2D eigenvalue weighted by atomic mass is 10.1. The van der Waals surface area contributed by atoms with Crippen LogP contribution in [0.25, 0.3) is 10.8 Å². The number of aromatic nitrogens is 4. The van der Waals surface area contributed by atoms with E-state index in [1.54, 1.807) is 16.2 Å². The van der Waals surface area contributed by atoms with Gasteiger partial charge in [-0.15, -0.1) is 21.5 Å². The minimum Gasteiger partial charge on any atom is -0.327 e. The summed E-state index contributed by atoms with van der Waals surface area (Å²) in [5, 5.41) is 9.67. The Balaban J connectivity index is 1.44. The number of rotatable bonds is 2. The fraction of sp³-hybridized carbons (Fsp3) is 0.368. The molecule has 1 amide bonds. The van der Waals surface area contributed by atoms with Gasteiger partial charge >= 0.3 is 0 Å². The molecule has 8 heteroatoms. The number of aryl methyl sites for hydroxylation is 2. The Morgan fingerprint density at radius 3 is 2.78 bits per heavy atom. The average Bonchev–Trinajstić information content (AvgIpc) is 3.36. The number of amides is 1. The fourth-order valence-corrected chi connectivity index (χ4v) is 5.01. The summed E-state index contributed by atoms with van der Waals surface area (Å²) in [6, 6.07) is 5.46. The van der Waals surface area contributed by atoms with Crippen molar-refractivity contribution in [1.29, 1.82) is 0 Å². The first-order valence-electron chi connectivity index (χ1n) is 9.10. The lowest BCUT2D eigenvalue weighted by Gasteiger charge is -2.33. The number of nitrogens with zero attached hydrogens (tertiary/aromatic N) is 5. The minimum absolute atomic E-state index is 0.119. The van der Waals surface area contributed by atoms with Gasteiger partial charge in [-0.3, -0.25) is 4.79 Å². The van der Waals surface area contributed by atoms with Crippen molar-refractivity contribution in [3.63, 3.8) is 0 Å². The number of halogens is 1. The van der Waals surface area contributed by atoms with Crippen LogP contribution < -0.4 is 0 Å². The Labute approximate surface area is 159 Å². The second kappa shape index (κ2) is 6.23. The van der Waals surface area contributed by atoms with Gasteiger partial charge < -0.3 is 9.47 Å². The molecule has 2 aromatic heterocycles. The third kappa shape index (κ3) is 2.66. The van der Waals surface area contributed by atoms with Crippen molar-refractivity contribution in [3.05, 3.63) is 52.0 Å². The van der Waals surface area contributed by atoms with Crippen LogP contribution in [0.2, 0.25) is 0 Å². The van der Waals surface area contributed by atoms with Gasteiger partial charge in [0.15, 0.2) is 16.7 Å². The van der Waals surface area contributed by atoms with Gasteiger partial charge in [-0.25, -0.2) is 9.37 Å². The summed E-state index contributed by atoms with van der Waals surface area (Å²) in [7, 11) is 0. The maximum Gasteiger partial charge on any atom is 0.254 e. The van der Waals surface area contributed by atoms with Gasteiger partial charge in [0.2, 0.25) is 0 Å². The topological polar surface area (TPSA) is 63.9 Å². The zero-order chi connectivity index (χ0) is 18.5. The number of fused-ring (bicyclic) bond motifs is 2. The van der Waals surface area contributed by atoms with E-state index < -0.39 is 0 Å². The Morgan fingerprint density at radius 2 is 2.00 bits per heavy atom. The first kappa shape index (κ1) is 16.6. The Bertz CT molecular complexity index is 1000. The SMILES string of the molecule is C[C@@H]1c2nnc(-c3nc4c(s3)CCC4)n2CCN1C(=O)c1ccc(F)cc1. The van der Waals surface area contributed by atoms with Crippen LogP contribution in [0.3, 0.4) is 0 Å². The molecule has 0 radical (unpaired) electrons. The van der Waals surface area contributed by atoms with Crippen LogP contribution >= 0.6 is 11.3 Å². The van der Waals surface area contributed by atoms with Crippen LogP contribution in [0.15, 0.2) is 24.3 Å². The monoisotopic (exact) mass is 383 g/mol. The quantitative estimate of drug-likeness (QED) is 0.681. The highest BCUT2D eigenvalue weighted by atomic mass is 32.1. The van der Waals surface area contributed by atoms with Crippen molar-refractivity contribution in [3.8, 4) is 10.8 Å². The number of hydrogen-bond acceptors (Lipinski definition) is 5. The van der Waals surface area contributed by atoms with Crippen LogP contribution in [-0.2, 0) is 19.4 Å². The first-order chi connectivity index (χ1) is 13.1. The molecule has 27 heavy (non-hydrogen) atoms. The standard InChI is InChI=1S/C19H18FN5OS/c1-11-16-22-23-17(18-21-14-3-2-4-15(14)27-18)25(16)10-9-24(11)19(26)12-5-7-13(20)8-6-12/h5-8,11H,2-4,9-10H2,1H3/t11-/m1/s1. The summed E-state index contributed by atoms with van der Waals surface area (Å²) < 4.78 is 15.2. The molecule has 0 bridgehead atoms. The van der Waals surface area contributed by atoms with Gasteiger partial charge in [-0.05, 0) is 50.5 Å². The molecule has 5 rings (SSSR count). The van der Waals surface area contributed by atoms with Gasteiger partial charge in [0.1, 0.15) is 5.82 Å². The molecule has 0 saturated carbocycles. The van der Waals surface area contributed by atoms with E-state index in [-0.39, 0.29) is 17.8 Å². The molecule has 3 aromatic rings. The third-order valence-electron chi connectivity index (χ3n) is 5.32. The van der Waals surface area contributed by atoms with Crippen molar-refractivity contribution in [2.75, 3.05) is 6.54 Å². The van der Waals surface area contributed by atoms with Crippen LogP contribution in [0.5, 0.6) is 0 Å². The third-order valence-corrected chi connectivity index (χ3v) is 6.48. The number of carbonyl (C=O) groups is 1. The van der Waals surface area contributed by atoms with Gasteiger partial charge in [0, 0.05) is 23.5 Å². The highest BCUT2D eigenvalue weighted by molar-refractivity contribution is 7.15. The Morgan fingerprint density at radius 1 is 1.19 bits per heavy atom. The molecule has 138 valence electrons. The first-order valence-corrected chi connectivity index (χ1v) is 9.92. The Hall–Kier alpha value is -2.61. The van der Waals surface area contributed by atoms with Gasteiger partial charge in [-0.1, -0.05) is 0 Å². The summed E-state index contributed by atoms with van der Waals surface area (Å²) in [5.74, 6) is 1.09. The summed E-state index contributed by atoms with van der Waals surface area (Å²) >= 11 is 1.71. The van der Waals surface area contributed by atoms with Crippen molar-refractivity contribution in [2.45, 2.75) is 38.8 Å². The van der Waals surface area contributed by atoms with E-state index in [1.165, 1.54) is 41.3 Å². The molecular formula is C19H18FN5OS. The van der Waals surface area contributed by atoms with Crippen LogP contribution in [-0.4, -0.2) is 37.1 Å². The summed E-state index contributed by atoms with van der Waals surface area (Å²) in [6.07, 6.45) is 3.33. The van der Waals surface area contributed by atoms with Crippen molar-refractivity contribution in [2.24, 2.45) is 0 Å². The lowest BCUT2D eigenvalue weighted by molar-refractivity contribution is 0.0638. The van der Waals surface area contributed by atoms with E-state index in [2.05, 4.69) is 14.8 Å². The van der Waals surface area contributed by atoms with E-state index >= 15 is 0 Å². The van der Waals surface area contributed by atoms with Crippen LogP contribution in [0.1, 0.15) is 46.1 Å². The molecule has 0 N–H and O–H groups in total. The normalized spacial score (nSPS) is 18.4. The fourth-order valence-electron chi connectivity index (χ4n) is 3.87. The molecule has 0 fully saturated rings. The smallest absolute Gasteiger partial charge is 0.254 e. The predicted molar refractivity (Wildman–Crippen MR) is 99.0 cm³/mol. The molecule has 0 spiro atoms. The highest BCUT2D eigenvalue weighted by Crippen LogP contribution is 2.35. The molecule has 1 atom stereocenters. The molecule has 1 aliphatic heterocycles. The zero-order valence-electron chi connectivity index (χ0n) is 14.9. The second-order valence-electron chi connectivity index (χ2n) is 6.96. The highest BCUT2D eigenvalue weighted by Gasteiger charge is 2.33. The molecular weight excluding hydrogens is 365 g/mol. The number of benzene rings is 1. The summed E-state index contributed by atoms with van der Waals surface area (Å²) in [6.45, 7) is 3.13. The minimum atomic E-state index is -0.349. The molecule has 1 aromatic carbocycles. The molecule has 0 unspecified atom stereocenters. The van der Waals surface area contributed by atoms with E-state index in [0.29, 0.717) is 18.7 Å². The van der Waals surface area contributed by atoms with E-state index in [4.69, 9.17) is 4.98 Å². The van der Waals surface area contributed by atoms with Gasteiger partial charge in [0.05, 0.1) is 11.7 Å². The number of thiazole rings is 1. The largest absolute Gasteiger partial charge is 0.327 e. The second-order valence-corrected chi connectivity index (χ2v) is 8.04. The maximum atomic E-state index is 13.1. The van der Waals surface area contributed by atoms with Crippen LogP contribution in [0, 0.1) is 5.82 Å². The predicted octanol–water partition coefficient (Wildman–Crippen LogP) is 3.25. The van der Waals surface area contributed by atoms with Crippen LogP contribution in [0.4, 0.5) is 4.39 Å².